The molecular weight excluding hydrogens is 456 g/mol. The molecule has 0 bridgehead atoms. The van der Waals surface area contributed by atoms with E-state index in [1.807, 2.05) is 67.6 Å². The Morgan fingerprint density at radius 1 is 0.806 bits per heavy atom. The number of benzene rings is 3. The van der Waals surface area contributed by atoms with Crippen molar-refractivity contribution in [2.75, 3.05) is 27.9 Å². The molecule has 3 aromatic carbocycles. The van der Waals surface area contributed by atoms with Crippen LogP contribution in [0.1, 0.15) is 23.6 Å². The third kappa shape index (κ3) is 7.01. The fraction of sp³-hybridized carbons (Fsp3) is 0.310. The smallest absolute Gasteiger partial charge is 0.243 e. The van der Waals surface area contributed by atoms with Crippen molar-refractivity contribution in [2.24, 2.45) is 0 Å². The molecule has 0 saturated carbocycles. The van der Waals surface area contributed by atoms with Crippen molar-refractivity contribution in [3.63, 3.8) is 0 Å². The Kier molecular flexibility index (Phi) is 9.74. The predicted molar refractivity (Wildman–Crippen MR) is 139 cm³/mol. The lowest BCUT2D eigenvalue weighted by Gasteiger charge is -2.31. The number of ether oxygens (including phenoxy) is 3. The highest BCUT2D eigenvalue weighted by molar-refractivity contribution is 5.88. The molecule has 3 rings (SSSR count). The number of nitrogens with one attached hydrogen (secondary N) is 1. The number of hydrogen-bond donors (Lipinski definition) is 1. The SMILES string of the molecule is CCNC(=O)[C@@H](Cc1ccccc1)N(Cc1ccc(OC)cc1)C(=O)Cc1ccc(OC)c(OC)c1. The zero-order chi connectivity index (χ0) is 25.9. The molecule has 36 heavy (non-hydrogen) atoms. The van der Waals surface area contributed by atoms with Gasteiger partial charge in [-0.05, 0) is 47.9 Å². The number of methoxy groups -OCH3 is 3. The van der Waals surface area contributed by atoms with Gasteiger partial charge in [0.1, 0.15) is 11.8 Å². The molecule has 190 valence electrons. The molecule has 0 saturated heterocycles. The average molecular weight is 491 g/mol. The maximum Gasteiger partial charge on any atom is 0.243 e. The van der Waals surface area contributed by atoms with Crippen molar-refractivity contribution in [1.29, 1.82) is 0 Å². The molecule has 1 atom stereocenters. The van der Waals surface area contributed by atoms with Crippen molar-refractivity contribution in [3.05, 3.63) is 89.5 Å². The summed E-state index contributed by atoms with van der Waals surface area (Å²) in [6.45, 7) is 2.63. The number of nitrogens with zero attached hydrogens (tertiary/aromatic N) is 1. The van der Waals surface area contributed by atoms with E-state index in [-0.39, 0.29) is 24.8 Å². The molecule has 2 amide bonds. The van der Waals surface area contributed by atoms with Gasteiger partial charge >= 0.3 is 0 Å². The van der Waals surface area contributed by atoms with Crippen molar-refractivity contribution in [2.45, 2.75) is 32.4 Å². The van der Waals surface area contributed by atoms with Crippen LogP contribution in [0.25, 0.3) is 0 Å². The van der Waals surface area contributed by atoms with Gasteiger partial charge in [0.2, 0.25) is 11.8 Å². The van der Waals surface area contributed by atoms with Gasteiger partial charge in [-0.25, -0.2) is 0 Å². The second-order valence-corrected chi connectivity index (χ2v) is 8.34. The first kappa shape index (κ1) is 26.6. The lowest BCUT2D eigenvalue weighted by atomic mass is 10.0. The summed E-state index contributed by atoms with van der Waals surface area (Å²) in [6.07, 6.45) is 0.516. The lowest BCUT2D eigenvalue weighted by molar-refractivity contribution is -0.140. The zero-order valence-corrected chi connectivity index (χ0v) is 21.3. The number of hydrogen-bond acceptors (Lipinski definition) is 5. The van der Waals surface area contributed by atoms with Crippen LogP contribution in [0, 0.1) is 0 Å². The molecule has 0 unspecified atom stereocenters. The molecule has 7 heteroatoms. The standard InChI is InChI=1S/C29H34N2O5/c1-5-30-29(33)25(17-21-9-7-6-8-10-21)31(20-22-11-14-24(34-2)15-12-22)28(32)19-23-13-16-26(35-3)27(18-23)36-4/h6-16,18,25H,5,17,19-20H2,1-4H3,(H,30,33)/t25-/m1/s1. The molecular formula is C29H34N2O5. The van der Waals surface area contributed by atoms with E-state index in [9.17, 15) is 9.59 Å². The molecule has 0 fully saturated rings. The summed E-state index contributed by atoms with van der Waals surface area (Å²) in [6, 6.07) is 22.0. The fourth-order valence-electron chi connectivity index (χ4n) is 4.04. The van der Waals surface area contributed by atoms with Crippen LogP contribution in [0.2, 0.25) is 0 Å². The first-order valence-electron chi connectivity index (χ1n) is 11.9. The molecule has 0 aliphatic rings. The lowest BCUT2D eigenvalue weighted by Crippen LogP contribution is -2.50. The normalized spacial score (nSPS) is 11.3. The van der Waals surface area contributed by atoms with Crippen molar-refractivity contribution in [3.8, 4) is 17.2 Å². The maximum absolute atomic E-state index is 13.8. The second kappa shape index (κ2) is 13.2. The summed E-state index contributed by atoms with van der Waals surface area (Å²) < 4.78 is 16.0. The second-order valence-electron chi connectivity index (χ2n) is 8.34. The van der Waals surface area contributed by atoms with Crippen LogP contribution in [0.15, 0.2) is 72.8 Å². The fourth-order valence-corrected chi connectivity index (χ4v) is 4.04. The van der Waals surface area contributed by atoms with Gasteiger partial charge in [0.05, 0.1) is 27.8 Å². The Balaban J connectivity index is 1.96. The number of amides is 2. The predicted octanol–water partition coefficient (Wildman–Crippen LogP) is 4.03. The Morgan fingerprint density at radius 2 is 1.47 bits per heavy atom. The Morgan fingerprint density at radius 3 is 2.08 bits per heavy atom. The number of rotatable bonds is 12. The van der Waals surface area contributed by atoms with E-state index in [1.165, 1.54) is 0 Å². The molecule has 0 spiro atoms. The zero-order valence-electron chi connectivity index (χ0n) is 21.3. The van der Waals surface area contributed by atoms with E-state index in [0.717, 1.165) is 22.4 Å². The van der Waals surface area contributed by atoms with Crippen molar-refractivity contribution < 1.29 is 23.8 Å². The molecule has 7 nitrogen and oxygen atoms in total. The van der Waals surface area contributed by atoms with E-state index in [1.54, 1.807) is 38.4 Å². The molecule has 0 aliphatic heterocycles. The van der Waals surface area contributed by atoms with Crippen LogP contribution in [-0.2, 0) is 29.0 Å². The van der Waals surface area contributed by atoms with E-state index in [0.29, 0.717) is 24.5 Å². The number of carbonyl (C=O) groups excluding carboxylic acids is 2. The summed E-state index contributed by atoms with van der Waals surface area (Å²) in [4.78, 5) is 28.7. The number of carbonyl (C=O) groups is 2. The maximum atomic E-state index is 13.8. The van der Waals surface area contributed by atoms with Gasteiger partial charge in [-0.3, -0.25) is 9.59 Å². The third-order valence-electron chi connectivity index (χ3n) is 5.94. The average Bonchev–Trinajstić information content (AvgIpc) is 2.91. The van der Waals surface area contributed by atoms with Gasteiger partial charge in [0.25, 0.3) is 0 Å². The van der Waals surface area contributed by atoms with Crippen molar-refractivity contribution >= 4 is 11.8 Å². The minimum Gasteiger partial charge on any atom is -0.497 e. The van der Waals surface area contributed by atoms with E-state index in [4.69, 9.17) is 14.2 Å². The summed E-state index contributed by atoms with van der Waals surface area (Å²) in [7, 11) is 4.74. The first-order chi connectivity index (χ1) is 17.5. The van der Waals surface area contributed by atoms with Gasteiger partial charge in [0, 0.05) is 19.5 Å². The largest absolute Gasteiger partial charge is 0.497 e. The number of likely N-dealkylation sites (N-methyl/N-ethyl adjacent to an activating group) is 1. The van der Waals surface area contributed by atoms with Crippen LogP contribution >= 0.6 is 0 Å². The molecule has 3 aromatic rings. The highest BCUT2D eigenvalue weighted by Crippen LogP contribution is 2.28. The monoisotopic (exact) mass is 490 g/mol. The van der Waals surface area contributed by atoms with E-state index >= 15 is 0 Å². The van der Waals surface area contributed by atoms with Crippen molar-refractivity contribution in [1.82, 2.24) is 10.2 Å². The summed E-state index contributed by atoms with van der Waals surface area (Å²) >= 11 is 0. The minimum absolute atomic E-state index is 0.112. The van der Waals surface area contributed by atoms with Crippen LogP contribution in [0.4, 0.5) is 0 Å². The van der Waals surface area contributed by atoms with Gasteiger partial charge in [0.15, 0.2) is 11.5 Å². The highest BCUT2D eigenvalue weighted by Gasteiger charge is 2.30. The quantitative estimate of drug-likeness (QED) is 0.415. The third-order valence-corrected chi connectivity index (χ3v) is 5.94. The Labute approximate surface area is 213 Å². The minimum atomic E-state index is -0.679. The van der Waals surface area contributed by atoms with Crippen LogP contribution in [0.5, 0.6) is 17.2 Å². The molecule has 0 radical (unpaired) electrons. The van der Waals surface area contributed by atoms with Gasteiger partial charge in [-0.1, -0.05) is 48.5 Å². The van der Waals surface area contributed by atoms with Gasteiger partial charge < -0.3 is 24.4 Å². The van der Waals surface area contributed by atoms with Gasteiger partial charge in [-0.2, -0.15) is 0 Å². The topological polar surface area (TPSA) is 77.1 Å². The summed E-state index contributed by atoms with van der Waals surface area (Å²) in [5.41, 5.74) is 2.65. The van der Waals surface area contributed by atoms with Gasteiger partial charge in [-0.15, -0.1) is 0 Å². The van der Waals surface area contributed by atoms with Crippen LogP contribution in [-0.4, -0.2) is 50.6 Å². The highest BCUT2D eigenvalue weighted by atomic mass is 16.5. The Hall–Kier alpha value is -4.00. The first-order valence-corrected chi connectivity index (χ1v) is 11.9. The van der Waals surface area contributed by atoms with E-state index < -0.39 is 6.04 Å². The summed E-state index contributed by atoms with van der Waals surface area (Å²) in [5.74, 6) is 1.52. The molecule has 0 aromatic heterocycles. The van der Waals surface area contributed by atoms with Crippen LogP contribution in [0.3, 0.4) is 0 Å². The van der Waals surface area contributed by atoms with E-state index in [2.05, 4.69) is 5.32 Å². The Bertz CT molecular complexity index is 1130. The molecule has 0 aliphatic carbocycles. The molecule has 1 N–H and O–H groups in total. The summed E-state index contributed by atoms with van der Waals surface area (Å²) in [5, 5.41) is 2.91. The van der Waals surface area contributed by atoms with Crippen LogP contribution < -0.4 is 19.5 Å². The molecule has 0 heterocycles.